The number of alkyl halides is 4. The van der Waals surface area contributed by atoms with Gasteiger partial charge in [-0.25, -0.2) is 4.39 Å². The van der Waals surface area contributed by atoms with Crippen molar-refractivity contribution in [1.82, 2.24) is 0 Å². The van der Waals surface area contributed by atoms with Crippen molar-refractivity contribution in [2.45, 2.75) is 23.1 Å². The predicted molar refractivity (Wildman–Crippen MR) is 151 cm³/mol. The van der Waals surface area contributed by atoms with Gasteiger partial charge in [-0.2, -0.15) is 14.0 Å². The van der Waals surface area contributed by atoms with Crippen LogP contribution >= 0.6 is 46.4 Å². The summed E-state index contributed by atoms with van der Waals surface area (Å²) in [5, 5.41) is 16.4. The lowest BCUT2D eigenvalue weighted by Gasteiger charge is -2.13. The molecule has 2 atom stereocenters. The maximum absolute atomic E-state index is 13.6. The smallest absolute Gasteiger partial charge is 0.322 e. The highest BCUT2D eigenvalue weighted by molar-refractivity contribution is 6.53. The quantitative estimate of drug-likeness (QED) is 0.233. The highest BCUT2D eigenvalue weighted by Crippen LogP contribution is 2.65. The molecule has 0 aromatic heterocycles. The van der Waals surface area contributed by atoms with Crippen LogP contribution in [0.5, 0.6) is 0 Å². The van der Waals surface area contributed by atoms with Crippen molar-refractivity contribution < 1.29 is 27.6 Å². The maximum atomic E-state index is 13.6. The van der Waals surface area contributed by atoms with E-state index >= 15 is 0 Å². The van der Waals surface area contributed by atoms with Crippen molar-refractivity contribution in [3.63, 3.8) is 0 Å². The second-order valence-corrected chi connectivity index (χ2v) is 11.4. The molecule has 2 unspecified atom stereocenters. The summed E-state index contributed by atoms with van der Waals surface area (Å²) in [7, 11) is 0. The lowest BCUT2D eigenvalue weighted by molar-refractivity contribution is -0.137. The molecule has 0 bridgehead atoms. The molecule has 0 spiro atoms. The number of nitrogens with one attached hydrogen (secondary N) is 3. The Balaban J connectivity index is 1.48. The van der Waals surface area contributed by atoms with Gasteiger partial charge in [0.05, 0.1) is 32.8 Å². The number of hydrogen-bond acceptors (Lipinski definition) is 4. The maximum Gasteiger partial charge on any atom is 0.322 e. The van der Waals surface area contributed by atoms with Crippen LogP contribution in [0.1, 0.15) is 34.3 Å². The normalized spacial score (nSPS) is 17.2. The van der Waals surface area contributed by atoms with E-state index in [9.17, 15) is 32.8 Å². The molecule has 3 aromatic rings. The van der Waals surface area contributed by atoms with E-state index in [-0.39, 0.29) is 38.2 Å². The number of halogens is 7. The van der Waals surface area contributed by atoms with Gasteiger partial charge in [-0.1, -0.05) is 29.3 Å². The standard InChI is InChI=1S/C27H17Cl4F3N4O3/c1-26(33,34)25(41)38-20-7-4-14(8-13(20)11-35)36-23(39)16-10-15(3-5-17(16)28)37-24(40)22-21(27(22,30)31)12-2-6-19(32)18(29)9-12/h2-10,21-22H,1H3,(H,36,39)(H,37,40)(H,38,41). The summed E-state index contributed by atoms with van der Waals surface area (Å²) in [6.45, 7) is 0.412. The van der Waals surface area contributed by atoms with Crippen molar-refractivity contribution >= 4 is 81.2 Å². The number of nitriles is 1. The zero-order valence-electron chi connectivity index (χ0n) is 20.7. The molecule has 14 heteroatoms. The van der Waals surface area contributed by atoms with E-state index in [1.807, 2.05) is 5.32 Å². The fourth-order valence-electron chi connectivity index (χ4n) is 4.02. The Labute approximate surface area is 251 Å². The van der Waals surface area contributed by atoms with Crippen LogP contribution in [-0.4, -0.2) is 28.0 Å². The molecule has 7 nitrogen and oxygen atoms in total. The average molecular weight is 644 g/mol. The Bertz CT molecular complexity index is 1620. The highest BCUT2D eigenvalue weighted by Gasteiger charge is 2.67. The fourth-order valence-corrected chi connectivity index (χ4v) is 5.25. The Morgan fingerprint density at radius 3 is 2.22 bits per heavy atom. The van der Waals surface area contributed by atoms with Gasteiger partial charge in [0.15, 0.2) is 0 Å². The lowest BCUT2D eigenvalue weighted by Crippen LogP contribution is -2.31. The number of nitrogens with zero attached hydrogens (tertiary/aromatic N) is 1. The molecule has 3 amide bonds. The van der Waals surface area contributed by atoms with E-state index in [4.69, 9.17) is 46.4 Å². The third-order valence-corrected chi connectivity index (χ3v) is 7.72. The first-order valence-electron chi connectivity index (χ1n) is 11.6. The van der Waals surface area contributed by atoms with E-state index in [1.165, 1.54) is 48.5 Å². The average Bonchev–Trinajstić information content (AvgIpc) is 3.48. The van der Waals surface area contributed by atoms with Crippen molar-refractivity contribution in [2.24, 2.45) is 5.92 Å². The van der Waals surface area contributed by atoms with Gasteiger partial charge >= 0.3 is 5.92 Å². The molecule has 3 aromatic carbocycles. The van der Waals surface area contributed by atoms with Gasteiger partial charge in [-0.05, 0) is 54.1 Å². The number of carbonyl (C=O) groups excluding carboxylic acids is 3. The van der Waals surface area contributed by atoms with Gasteiger partial charge in [0.25, 0.3) is 11.8 Å². The molecule has 3 N–H and O–H groups in total. The van der Waals surface area contributed by atoms with Gasteiger partial charge in [-0.3, -0.25) is 14.4 Å². The van der Waals surface area contributed by atoms with Crippen LogP contribution < -0.4 is 16.0 Å². The van der Waals surface area contributed by atoms with Crippen molar-refractivity contribution in [1.29, 1.82) is 5.26 Å². The third-order valence-electron chi connectivity index (χ3n) is 6.16. The topological polar surface area (TPSA) is 111 Å². The first-order valence-corrected chi connectivity index (χ1v) is 13.1. The SMILES string of the molecule is CC(F)(F)C(=O)Nc1ccc(NC(=O)c2cc(NC(=O)C3C(c4ccc(F)c(Cl)c4)C3(Cl)Cl)ccc2Cl)cc1C#N. The summed E-state index contributed by atoms with van der Waals surface area (Å²) < 4.78 is 38.5. The van der Waals surface area contributed by atoms with Crippen LogP contribution in [0.4, 0.5) is 30.2 Å². The molecule has 1 aliphatic rings. The minimum atomic E-state index is -3.67. The Kier molecular flexibility index (Phi) is 8.48. The molecule has 4 rings (SSSR count). The number of carbonyl (C=O) groups is 3. The second-order valence-electron chi connectivity index (χ2n) is 9.16. The monoisotopic (exact) mass is 642 g/mol. The van der Waals surface area contributed by atoms with Crippen LogP contribution in [0.3, 0.4) is 0 Å². The number of rotatable bonds is 7. The summed E-state index contributed by atoms with van der Waals surface area (Å²) in [5.41, 5.74) is 0.365. The summed E-state index contributed by atoms with van der Waals surface area (Å²) >= 11 is 24.7. The van der Waals surface area contributed by atoms with Crippen LogP contribution in [-0.2, 0) is 9.59 Å². The zero-order valence-corrected chi connectivity index (χ0v) is 23.7. The number of hydrogen-bond donors (Lipinski definition) is 3. The molecule has 1 saturated carbocycles. The molecule has 212 valence electrons. The number of anilines is 3. The molecule has 1 fully saturated rings. The van der Waals surface area contributed by atoms with Gasteiger partial charge in [0.1, 0.15) is 16.2 Å². The van der Waals surface area contributed by atoms with Crippen LogP contribution in [0, 0.1) is 23.1 Å². The molecule has 1 aliphatic carbocycles. The molecule has 0 heterocycles. The minimum absolute atomic E-state index is 0.0318. The van der Waals surface area contributed by atoms with Crippen molar-refractivity contribution in [3.8, 4) is 6.07 Å². The number of amides is 3. The molecular weight excluding hydrogens is 627 g/mol. The Morgan fingerprint density at radius 1 is 0.927 bits per heavy atom. The van der Waals surface area contributed by atoms with Gasteiger partial charge < -0.3 is 16.0 Å². The predicted octanol–water partition coefficient (Wildman–Crippen LogP) is 7.38. The van der Waals surface area contributed by atoms with Crippen molar-refractivity contribution in [3.05, 3.63) is 87.2 Å². The van der Waals surface area contributed by atoms with Crippen LogP contribution in [0.2, 0.25) is 10.0 Å². The van der Waals surface area contributed by atoms with E-state index in [0.29, 0.717) is 12.5 Å². The third kappa shape index (κ3) is 6.54. The molecule has 0 radical (unpaired) electrons. The van der Waals surface area contributed by atoms with E-state index in [2.05, 4.69) is 10.6 Å². The lowest BCUT2D eigenvalue weighted by atomic mass is 10.1. The first-order chi connectivity index (χ1) is 19.1. The molecular formula is C27H17Cl4F3N4O3. The van der Waals surface area contributed by atoms with E-state index < -0.39 is 45.6 Å². The Hall–Kier alpha value is -3.49. The summed E-state index contributed by atoms with van der Waals surface area (Å²) in [4.78, 5) is 37.5. The van der Waals surface area contributed by atoms with Gasteiger partial charge in [0.2, 0.25) is 5.91 Å². The largest absolute Gasteiger partial charge is 0.326 e. The van der Waals surface area contributed by atoms with Crippen LogP contribution in [0.25, 0.3) is 0 Å². The Morgan fingerprint density at radius 2 is 1.59 bits per heavy atom. The summed E-state index contributed by atoms with van der Waals surface area (Å²) in [6.07, 6.45) is 0. The molecule has 41 heavy (non-hydrogen) atoms. The van der Waals surface area contributed by atoms with Crippen LogP contribution in [0.15, 0.2) is 54.6 Å². The first kappa shape index (κ1) is 30.5. The zero-order chi connectivity index (χ0) is 30.3. The molecule has 0 aliphatic heterocycles. The summed E-state index contributed by atoms with van der Waals surface area (Å²) in [6, 6.07) is 13.4. The summed E-state index contributed by atoms with van der Waals surface area (Å²) in [5.74, 6) is -8.76. The highest BCUT2D eigenvalue weighted by atomic mass is 35.5. The minimum Gasteiger partial charge on any atom is -0.326 e. The van der Waals surface area contributed by atoms with E-state index in [0.717, 1.165) is 6.07 Å². The fraction of sp³-hybridized carbons (Fsp3) is 0.185. The second kappa shape index (κ2) is 11.4. The number of benzene rings is 3. The van der Waals surface area contributed by atoms with Gasteiger partial charge in [-0.15, -0.1) is 23.2 Å². The molecule has 0 saturated heterocycles. The van der Waals surface area contributed by atoms with Gasteiger partial charge in [0, 0.05) is 24.2 Å². The van der Waals surface area contributed by atoms with E-state index in [1.54, 1.807) is 6.07 Å². The van der Waals surface area contributed by atoms with Crippen molar-refractivity contribution in [2.75, 3.05) is 16.0 Å².